The van der Waals surface area contributed by atoms with Gasteiger partial charge in [0.15, 0.2) is 5.82 Å². The van der Waals surface area contributed by atoms with E-state index in [0.717, 1.165) is 29.5 Å². The van der Waals surface area contributed by atoms with Crippen molar-refractivity contribution in [3.63, 3.8) is 0 Å². The standard InChI is InChI=1S/C23H27N5O4/c1-14-10-19(31-13-23(2,3)21(29)30)25-12-17(14)15-8-9-18(24-11-15)20-26-22(28-27-20)32-16-6-4-5-7-16/h8-12,16H,4-7,13H2,1-3H3,(H,29,30)(H,26,27,28). The molecule has 32 heavy (non-hydrogen) atoms. The number of aromatic nitrogens is 5. The fourth-order valence-electron chi connectivity index (χ4n) is 3.49. The van der Waals surface area contributed by atoms with E-state index in [1.165, 1.54) is 12.8 Å². The topological polar surface area (TPSA) is 123 Å². The number of pyridine rings is 2. The summed E-state index contributed by atoms with van der Waals surface area (Å²) >= 11 is 0. The van der Waals surface area contributed by atoms with Gasteiger partial charge in [-0.2, -0.15) is 4.98 Å². The molecule has 9 heteroatoms. The van der Waals surface area contributed by atoms with Gasteiger partial charge in [-0.05, 0) is 58.1 Å². The van der Waals surface area contributed by atoms with Crippen LogP contribution < -0.4 is 9.47 Å². The molecule has 168 valence electrons. The molecule has 0 aliphatic heterocycles. The Morgan fingerprint density at radius 1 is 1.22 bits per heavy atom. The Morgan fingerprint density at radius 2 is 2.00 bits per heavy atom. The zero-order chi connectivity index (χ0) is 22.7. The largest absolute Gasteiger partial charge is 0.481 e. The van der Waals surface area contributed by atoms with E-state index >= 15 is 0 Å². The molecule has 1 fully saturated rings. The minimum Gasteiger partial charge on any atom is -0.481 e. The van der Waals surface area contributed by atoms with Crippen LogP contribution >= 0.6 is 0 Å². The number of rotatable bonds is 8. The average molecular weight is 438 g/mol. The summed E-state index contributed by atoms with van der Waals surface area (Å²) in [4.78, 5) is 24.5. The van der Waals surface area contributed by atoms with Crippen LogP contribution in [0.25, 0.3) is 22.6 Å². The number of aromatic amines is 1. The zero-order valence-corrected chi connectivity index (χ0v) is 18.5. The smallest absolute Gasteiger partial charge is 0.336 e. The predicted molar refractivity (Wildman–Crippen MR) is 117 cm³/mol. The molecule has 3 aromatic heterocycles. The molecule has 0 saturated heterocycles. The van der Waals surface area contributed by atoms with Crippen molar-refractivity contribution in [1.29, 1.82) is 0 Å². The molecule has 0 amide bonds. The van der Waals surface area contributed by atoms with E-state index in [1.807, 2.05) is 19.1 Å². The van der Waals surface area contributed by atoms with Crippen molar-refractivity contribution >= 4 is 5.97 Å². The summed E-state index contributed by atoms with van der Waals surface area (Å²) in [7, 11) is 0. The normalized spacial score (nSPS) is 14.5. The molecule has 3 heterocycles. The van der Waals surface area contributed by atoms with Crippen LogP contribution in [-0.4, -0.2) is 48.9 Å². The van der Waals surface area contributed by atoms with Gasteiger partial charge in [0.1, 0.15) is 18.4 Å². The zero-order valence-electron chi connectivity index (χ0n) is 18.5. The summed E-state index contributed by atoms with van der Waals surface area (Å²) in [6.45, 7) is 5.21. The molecule has 1 aliphatic rings. The number of hydrogen-bond donors (Lipinski definition) is 2. The fraction of sp³-hybridized carbons (Fsp3) is 0.435. The number of H-pyrrole nitrogens is 1. The molecule has 2 N–H and O–H groups in total. The van der Waals surface area contributed by atoms with Crippen molar-refractivity contribution in [2.24, 2.45) is 5.41 Å². The van der Waals surface area contributed by atoms with E-state index in [9.17, 15) is 9.90 Å². The molecule has 0 spiro atoms. The molecule has 1 aliphatic carbocycles. The number of aryl methyl sites for hydroxylation is 1. The second-order valence-electron chi connectivity index (χ2n) is 8.74. The molecule has 3 aromatic rings. The third kappa shape index (κ3) is 4.87. The van der Waals surface area contributed by atoms with Gasteiger partial charge < -0.3 is 14.6 Å². The maximum absolute atomic E-state index is 11.2. The summed E-state index contributed by atoms with van der Waals surface area (Å²) in [6.07, 6.45) is 8.13. The van der Waals surface area contributed by atoms with Crippen LogP contribution in [0.2, 0.25) is 0 Å². The van der Waals surface area contributed by atoms with Crippen molar-refractivity contribution in [1.82, 2.24) is 25.1 Å². The van der Waals surface area contributed by atoms with E-state index in [1.54, 1.807) is 32.3 Å². The minimum atomic E-state index is -0.989. The Balaban J connectivity index is 1.43. The molecule has 1 saturated carbocycles. The summed E-state index contributed by atoms with van der Waals surface area (Å²) < 4.78 is 11.4. The summed E-state index contributed by atoms with van der Waals surface area (Å²) in [6, 6.07) is 5.97. The number of carboxylic acids is 1. The van der Waals surface area contributed by atoms with E-state index in [0.29, 0.717) is 23.4 Å². The molecular weight excluding hydrogens is 410 g/mol. The second kappa shape index (κ2) is 8.94. The van der Waals surface area contributed by atoms with Gasteiger partial charge in [-0.25, -0.2) is 4.98 Å². The molecule has 0 unspecified atom stereocenters. The van der Waals surface area contributed by atoms with Gasteiger partial charge in [0, 0.05) is 29.6 Å². The minimum absolute atomic E-state index is 0.0357. The Bertz CT molecular complexity index is 1090. The highest BCUT2D eigenvalue weighted by atomic mass is 16.5. The third-order valence-corrected chi connectivity index (χ3v) is 5.60. The number of ether oxygens (including phenoxy) is 2. The van der Waals surface area contributed by atoms with Gasteiger partial charge in [-0.3, -0.25) is 14.9 Å². The van der Waals surface area contributed by atoms with E-state index in [2.05, 4.69) is 25.1 Å². The number of nitrogens with one attached hydrogen (secondary N) is 1. The second-order valence-corrected chi connectivity index (χ2v) is 8.74. The number of carboxylic acid groups (broad SMARTS) is 1. The lowest BCUT2D eigenvalue weighted by atomic mass is 9.95. The van der Waals surface area contributed by atoms with Crippen LogP contribution in [0.15, 0.2) is 30.6 Å². The molecule has 4 rings (SSSR count). The molecule has 9 nitrogen and oxygen atoms in total. The Labute approximate surface area is 186 Å². The molecular formula is C23H27N5O4. The van der Waals surface area contributed by atoms with Crippen LogP contribution in [0.4, 0.5) is 0 Å². The summed E-state index contributed by atoms with van der Waals surface area (Å²) in [5.74, 6) is 0.0341. The molecule has 0 radical (unpaired) electrons. The number of nitrogens with zero attached hydrogens (tertiary/aromatic N) is 4. The van der Waals surface area contributed by atoms with Crippen molar-refractivity contribution in [2.45, 2.75) is 52.6 Å². The van der Waals surface area contributed by atoms with Crippen molar-refractivity contribution in [3.8, 4) is 34.5 Å². The van der Waals surface area contributed by atoms with Crippen LogP contribution in [0.3, 0.4) is 0 Å². The average Bonchev–Trinajstić information content (AvgIpc) is 3.45. The van der Waals surface area contributed by atoms with Gasteiger partial charge in [0.05, 0.1) is 5.41 Å². The van der Waals surface area contributed by atoms with Crippen molar-refractivity contribution < 1.29 is 19.4 Å². The van der Waals surface area contributed by atoms with Gasteiger partial charge in [0.25, 0.3) is 0 Å². The molecule has 0 bridgehead atoms. The van der Waals surface area contributed by atoms with Gasteiger partial charge >= 0.3 is 12.0 Å². The lowest BCUT2D eigenvalue weighted by Crippen LogP contribution is -2.30. The Morgan fingerprint density at radius 3 is 2.66 bits per heavy atom. The van der Waals surface area contributed by atoms with Gasteiger partial charge in [-0.15, -0.1) is 5.10 Å². The first kappa shape index (κ1) is 21.7. The maximum Gasteiger partial charge on any atom is 0.336 e. The van der Waals surface area contributed by atoms with Crippen LogP contribution in [0, 0.1) is 12.3 Å². The van der Waals surface area contributed by atoms with E-state index in [4.69, 9.17) is 9.47 Å². The fourth-order valence-corrected chi connectivity index (χ4v) is 3.49. The summed E-state index contributed by atoms with van der Waals surface area (Å²) in [5, 5.41) is 16.2. The third-order valence-electron chi connectivity index (χ3n) is 5.60. The SMILES string of the molecule is Cc1cc(OCC(C)(C)C(=O)O)ncc1-c1ccc(-c2nc(OC3CCCC3)n[nH]2)nc1. The summed E-state index contributed by atoms with van der Waals surface area (Å²) in [5.41, 5.74) is 2.44. The van der Waals surface area contributed by atoms with Crippen LogP contribution in [0.5, 0.6) is 11.9 Å². The predicted octanol–water partition coefficient (Wildman–Crippen LogP) is 4.05. The number of hydrogen-bond acceptors (Lipinski definition) is 7. The first-order valence-corrected chi connectivity index (χ1v) is 10.7. The number of aliphatic carboxylic acids is 1. The first-order chi connectivity index (χ1) is 15.3. The van der Waals surface area contributed by atoms with E-state index < -0.39 is 11.4 Å². The Kier molecular flexibility index (Phi) is 6.07. The first-order valence-electron chi connectivity index (χ1n) is 10.7. The lowest BCUT2D eigenvalue weighted by Gasteiger charge is -2.19. The molecule has 0 atom stereocenters. The highest BCUT2D eigenvalue weighted by Gasteiger charge is 2.28. The molecule has 0 aromatic carbocycles. The maximum atomic E-state index is 11.2. The van der Waals surface area contributed by atoms with E-state index in [-0.39, 0.29) is 12.7 Å². The Hall–Kier alpha value is -3.49. The van der Waals surface area contributed by atoms with Crippen molar-refractivity contribution in [2.75, 3.05) is 6.61 Å². The highest BCUT2D eigenvalue weighted by Crippen LogP contribution is 2.27. The monoisotopic (exact) mass is 437 g/mol. The van der Waals surface area contributed by atoms with Gasteiger partial charge in [0.2, 0.25) is 5.88 Å². The highest BCUT2D eigenvalue weighted by molar-refractivity contribution is 5.73. The number of carbonyl (C=O) groups is 1. The quantitative estimate of drug-likeness (QED) is 0.541. The van der Waals surface area contributed by atoms with Crippen LogP contribution in [0.1, 0.15) is 45.1 Å². The van der Waals surface area contributed by atoms with Crippen LogP contribution in [-0.2, 0) is 4.79 Å². The van der Waals surface area contributed by atoms with Crippen molar-refractivity contribution in [3.05, 3.63) is 36.2 Å². The lowest BCUT2D eigenvalue weighted by molar-refractivity contribution is -0.148. The van der Waals surface area contributed by atoms with Gasteiger partial charge in [-0.1, -0.05) is 6.07 Å².